The van der Waals surface area contributed by atoms with E-state index in [4.69, 9.17) is 0 Å². The predicted octanol–water partition coefficient (Wildman–Crippen LogP) is 3.06. The molecule has 58 valence electrons. The molecule has 2 atom stereocenters. The van der Waals surface area contributed by atoms with Crippen LogP contribution in [-0.4, -0.2) is 0 Å². The molecular weight excluding hydrogens is 134 g/mol. The van der Waals surface area contributed by atoms with E-state index in [1.807, 2.05) is 20.8 Å². The van der Waals surface area contributed by atoms with Gasteiger partial charge in [-0.15, -0.1) is 0 Å². The van der Waals surface area contributed by atoms with Gasteiger partial charge in [-0.25, -0.2) is 0 Å². The Morgan fingerprint density at radius 2 is 1.80 bits per heavy atom. The third-order valence-electron chi connectivity index (χ3n) is 2.77. The fourth-order valence-electron chi connectivity index (χ4n) is 1.44. The molecule has 1 aliphatic rings. The van der Waals surface area contributed by atoms with E-state index in [1.165, 1.54) is 0 Å². The molecule has 0 amide bonds. The van der Waals surface area contributed by atoms with Crippen molar-refractivity contribution in [3.05, 3.63) is 12.2 Å². The summed E-state index contributed by atoms with van der Waals surface area (Å²) >= 11 is 0. The van der Waals surface area contributed by atoms with Gasteiger partial charge in [0.05, 0.1) is 0 Å². The second-order valence-corrected chi connectivity index (χ2v) is 3.59. The molecule has 2 heteroatoms. The molecule has 0 nitrogen and oxygen atoms in total. The van der Waals surface area contributed by atoms with Crippen molar-refractivity contribution in [1.82, 2.24) is 0 Å². The normalized spacial score (nSPS) is 35.3. The third kappa shape index (κ3) is 1.07. The van der Waals surface area contributed by atoms with Crippen molar-refractivity contribution in [1.29, 1.82) is 0 Å². The van der Waals surface area contributed by atoms with E-state index in [2.05, 4.69) is 0 Å². The number of hydrogen-bond donors (Lipinski definition) is 0. The monoisotopic (exact) mass is 146 g/mol. The summed E-state index contributed by atoms with van der Waals surface area (Å²) in [5.41, 5.74) is 0.101. The van der Waals surface area contributed by atoms with Gasteiger partial charge in [0.25, 0.3) is 6.08 Å². The van der Waals surface area contributed by atoms with Gasteiger partial charge in [0.15, 0.2) is 0 Å². The van der Waals surface area contributed by atoms with Gasteiger partial charge in [0, 0.05) is 0 Å². The van der Waals surface area contributed by atoms with Crippen molar-refractivity contribution in [2.75, 3.05) is 0 Å². The predicted molar refractivity (Wildman–Crippen MR) is 36.7 cm³/mol. The molecule has 0 spiro atoms. The van der Waals surface area contributed by atoms with E-state index >= 15 is 0 Å². The Kier molecular flexibility index (Phi) is 1.57. The van der Waals surface area contributed by atoms with Gasteiger partial charge in [0.1, 0.15) is 0 Å². The molecule has 0 heterocycles. The number of halogens is 2. The van der Waals surface area contributed by atoms with Crippen molar-refractivity contribution in [2.24, 2.45) is 17.3 Å². The third-order valence-corrected chi connectivity index (χ3v) is 2.77. The highest BCUT2D eigenvalue weighted by atomic mass is 19.3. The summed E-state index contributed by atoms with van der Waals surface area (Å²) < 4.78 is 23.4. The maximum atomic E-state index is 11.7. The Balaban J connectivity index is 2.58. The summed E-state index contributed by atoms with van der Waals surface area (Å²) in [4.78, 5) is 0. The van der Waals surface area contributed by atoms with E-state index < -0.39 is 6.08 Å². The zero-order valence-corrected chi connectivity index (χ0v) is 6.49. The molecule has 1 rings (SSSR count). The first-order chi connectivity index (χ1) is 4.46. The molecule has 1 saturated carbocycles. The molecule has 0 radical (unpaired) electrons. The Hall–Kier alpha value is -0.400. The number of rotatable bonds is 1. The Labute approximate surface area is 59.9 Å². The average molecular weight is 146 g/mol. The topological polar surface area (TPSA) is 0 Å². The number of allylic oxidation sites excluding steroid dienone is 1. The Morgan fingerprint density at radius 1 is 1.40 bits per heavy atom. The van der Waals surface area contributed by atoms with Crippen LogP contribution in [0.5, 0.6) is 0 Å². The van der Waals surface area contributed by atoms with Crippen LogP contribution >= 0.6 is 0 Å². The van der Waals surface area contributed by atoms with E-state index in [0.717, 1.165) is 6.08 Å². The van der Waals surface area contributed by atoms with E-state index in [1.54, 1.807) is 0 Å². The van der Waals surface area contributed by atoms with Gasteiger partial charge >= 0.3 is 0 Å². The first-order valence-electron chi connectivity index (χ1n) is 3.49. The zero-order valence-electron chi connectivity index (χ0n) is 6.49. The van der Waals surface area contributed by atoms with E-state index in [9.17, 15) is 8.78 Å². The highest BCUT2D eigenvalue weighted by molar-refractivity contribution is 5.12. The minimum atomic E-state index is -1.54. The summed E-state index contributed by atoms with van der Waals surface area (Å²) in [7, 11) is 0. The summed E-state index contributed by atoms with van der Waals surface area (Å²) in [6.45, 7) is 6.04. The molecule has 10 heavy (non-hydrogen) atoms. The average Bonchev–Trinajstić information content (AvgIpc) is 2.17. The zero-order chi connectivity index (χ0) is 7.94. The minimum Gasteiger partial charge on any atom is -0.174 e. The van der Waals surface area contributed by atoms with Gasteiger partial charge in [-0.05, 0) is 23.3 Å². The quantitative estimate of drug-likeness (QED) is 0.533. The minimum absolute atomic E-state index is 0.0949. The fourth-order valence-corrected chi connectivity index (χ4v) is 1.44. The highest BCUT2D eigenvalue weighted by Gasteiger charge is 2.53. The van der Waals surface area contributed by atoms with Crippen LogP contribution in [0.15, 0.2) is 12.2 Å². The van der Waals surface area contributed by atoms with Crippen LogP contribution in [0.4, 0.5) is 8.78 Å². The molecule has 0 aliphatic heterocycles. The van der Waals surface area contributed by atoms with Crippen LogP contribution in [0.3, 0.4) is 0 Å². The maximum absolute atomic E-state index is 11.7. The van der Waals surface area contributed by atoms with E-state index in [0.29, 0.717) is 5.92 Å². The lowest BCUT2D eigenvalue weighted by Crippen LogP contribution is -1.87. The smallest absolute Gasteiger partial charge is 0.174 e. The molecule has 0 aromatic heterocycles. The van der Waals surface area contributed by atoms with Crippen molar-refractivity contribution in [2.45, 2.75) is 20.8 Å². The molecule has 0 aromatic carbocycles. The maximum Gasteiger partial charge on any atom is 0.266 e. The second-order valence-electron chi connectivity index (χ2n) is 3.59. The molecular formula is C8H12F2. The molecule has 0 saturated heterocycles. The van der Waals surface area contributed by atoms with Crippen molar-refractivity contribution < 1.29 is 8.78 Å². The summed E-state index contributed by atoms with van der Waals surface area (Å²) in [6.07, 6.45) is -0.465. The van der Waals surface area contributed by atoms with Crippen molar-refractivity contribution in [3.63, 3.8) is 0 Å². The molecule has 0 aromatic rings. The van der Waals surface area contributed by atoms with Crippen LogP contribution in [0.1, 0.15) is 20.8 Å². The van der Waals surface area contributed by atoms with E-state index in [-0.39, 0.29) is 11.3 Å². The highest BCUT2D eigenvalue weighted by Crippen LogP contribution is 2.58. The molecule has 0 bridgehead atoms. The molecule has 0 N–H and O–H groups in total. The van der Waals surface area contributed by atoms with Crippen LogP contribution in [0.25, 0.3) is 0 Å². The van der Waals surface area contributed by atoms with Crippen LogP contribution in [0.2, 0.25) is 0 Å². The summed E-state index contributed by atoms with van der Waals surface area (Å²) in [6, 6.07) is 0. The van der Waals surface area contributed by atoms with Gasteiger partial charge in [-0.1, -0.05) is 20.8 Å². The first kappa shape index (κ1) is 7.70. The lowest BCUT2D eigenvalue weighted by Gasteiger charge is -1.95. The largest absolute Gasteiger partial charge is 0.266 e. The Bertz CT molecular complexity index is 166. The second kappa shape index (κ2) is 2.04. The molecule has 1 fully saturated rings. The van der Waals surface area contributed by atoms with Crippen LogP contribution in [0, 0.1) is 17.3 Å². The van der Waals surface area contributed by atoms with Crippen molar-refractivity contribution in [3.8, 4) is 0 Å². The lowest BCUT2D eigenvalue weighted by atomic mass is 10.1. The molecule has 1 aliphatic carbocycles. The van der Waals surface area contributed by atoms with Crippen molar-refractivity contribution >= 4 is 0 Å². The number of hydrogen-bond acceptors (Lipinski definition) is 0. The van der Waals surface area contributed by atoms with Crippen LogP contribution < -0.4 is 0 Å². The van der Waals surface area contributed by atoms with Gasteiger partial charge in [-0.2, -0.15) is 8.78 Å². The Morgan fingerprint density at radius 3 is 1.90 bits per heavy atom. The fraction of sp³-hybridized carbons (Fsp3) is 0.750. The SMILES string of the molecule is CC1C(C=C(F)F)C1(C)C. The van der Waals surface area contributed by atoms with Gasteiger partial charge in [-0.3, -0.25) is 0 Å². The van der Waals surface area contributed by atoms with Gasteiger partial charge in [0.2, 0.25) is 0 Å². The molecule has 2 unspecified atom stereocenters. The lowest BCUT2D eigenvalue weighted by molar-refractivity contribution is 0.412. The summed E-state index contributed by atoms with van der Waals surface area (Å²) in [5, 5.41) is 0. The summed E-state index contributed by atoms with van der Waals surface area (Å²) in [5.74, 6) is 0.506. The standard InChI is InChI=1S/C8H12F2/c1-5-6(4-7(9)10)8(5,2)3/h4-6H,1-3H3. The van der Waals surface area contributed by atoms with Gasteiger partial charge < -0.3 is 0 Å². The van der Waals surface area contributed by atoms with Crippen LogP contribution in [-0.2, 0) is 0 Å². The first-order valence-corrected chi connectivity index (χ1v) is 3.49.